The predicted octanol–water partition coefficient (Wildman–Crippen LogP) is 1.72. The van der Waals surface area contributed by atoms with Crippen LogP contribution < -0.4 is 10.6 Å². The second kappa shape index (κ2) is 9.22. The molecule has 0 fully saturated rings. The van der Waals surface area contributed by atoms with Crippen molar-refractivity contribution in [1.82, 2.24) is 20.5 Å². The Labute approximate surface area is 152 Å². The molecule has 0 saturated carbocycles. The summed E-state index contributed by atoms with van der Waals surface area (Å²) in [6.07, 6.45) is 2.40. The van der Waals surface area contributed by atoms with Crippen LogP contribution in [0.2, 0.25) is 0 Å². The zero-order valence-corrected chi connectivity index (χ0v) is 15.9. The number of hydrogen-bond acceptors (Lipinski definition) is 5. The summed E-state index contributed by atoms with van der Waals surface area (Å²) in [5, 5.41) is 7.46. The van der Waals surface area contributed by atoms with Crippen LogP contribution in [0, 0.1) is 13.8 Å². The van der Waals surface area contributed by atoms with Crippen molar-refractivity contribution in [1.29, 1.82) is 0 Å². The second-order valence-corrected chi connectivity index (χ2v) is 7.10. The highest BCUT2D eigenvalue weighted by atomic mass is 32.1. The maximum Gasteiger partial charge on any atom is 0.243 e. The average Bonchev–Trinajstić information content (AvgIpc) is 3.19. The predicted molar refractivity (Wildman–Crippen MR) is 99.8 cm³/mol. The second-order valence-electron chi connectivity index (χ2n) is 5.81. The summed E-state index contributed by atoms with van der Waals surface area (Å²) < 4.78 is 5.32. The quantitative estimate of drug-likeness (QED) is 0.578. The third kappa shape index (κ3) is 6.22. The van der Waals surface area contributed by atoms with E-state index in [9.17, 15) is 4.79 Å². The van der Waals surface area contributed by atoms with Gasteiger partial charge in [-0.3, -0.25) is 4.79 Å². The van der Waals surface area contributed by atoms with Gasteiger partial charge in [0.2, 0.25) is 5.91 Å². The summed E-state index contributed by atoms with van der Waals surface area (Å²) in [5.74, 6) is 1.45. The van der Waals surface area contributed by atoms with Crippen LogP contribution in [0.25, 0.3) is 0 Å². The summed E-state index contributed by atoms with van der Waals surface area (Å²) in [4.78, 5) is 23.4. The normalized spacial score (nSPS) is 11.4. The van der Waals surface area contributed by atoms with Gasteiger partial charge in [0.15, 0.2) is 5.96 Å². The van der Waals surface area contributed by atoms with Crippen LogP contribution in [0.1, 0.15) is 21.3 Å². The van der Waals surface area contributed by atoms with Gasteiger partial charge >= 0.3 is 0 Å². The molecule has 0 bridgehead atoms. The summed E-state index contributed by atoms with van der Waals surface area (Å²) in [7, 11) is 3.44. The summed E-state index contributed by atoms with van der Waals surface area (Å²) in [6.45, 7) is 5.39. The molecule has 0 saturated heterocycles. The zero-order valence-electron chi connectivity index (χ0n) is 15.1. The van der Waals surface area contributed by atoms with E-state index in [-0.39, 0.29) is 12.5 Å². The number of likely N-dealkylation sites (N-methyl/N-ethyl adjacent to an activating group) is 1. The molecule has 7 nitrogen and oxygen atoms in total. The van der Waals surface area contributed by atoms with Crippen molar-refractivity contribution in [2.75, 3.05) is 27.2 Å². The molecule has 2 N–H and O–H groups in total. The largest absolute Gasteiger partial charge is 0.469 e. The van der Waals surface area contributed by atoms with Gasteiger partial charge in [-0.15, -0.1) is 11.3 Å². The number of hydrogen-bond donors (Lipinski definition) is 2. The number of carbonyl (C=O) groups excluding carboxylic acids is 1. The van der Waals surface area contributed by atoms with Gasteiger partial charge in [0.05, 0.1) is 18.5 Å². The molecule has 0 aromatic carbocycles. The Morgan fingerprint density at radius 1 is 1.36 bits per heavy atom. The molecule has 0 aliphatic heterocycles. The van der Waals surface area contributed by atoms with Gasteiger partial charge in [-0.25, -0.2) is 9.98 Å². The van der Waals surface area contributed by atoms with Crippen molar-refractivity contribution in [2.24, 2.45) is 4.99 Å². The van der Waals surface area contributed by atoms with E-state index in [0.717, 1.165) is 22.9 Å². The number of guanidine groups is 1. The highest BCUT2D eigenvalue weighted by Crippen LogP contribution is 2.15. The van der Waals surface area contributed by atoms with Crippen LogP contribution in [0.15, 0.2) is 27.8 Å². The summed E-state index contributed by atoms with van der Waals surface area (Å²) >= 11 is 1.66. The number of nitrogens with one attached hydrogen (secondary N) is 2. The van der Waals surface area contributed by atoms with Crippen molar-refractivity contribution in [3.8, 4) is 0 Å². The Morgan fingerprint density at radius 3 is 2.76 bits per heavy atom. The smallest absolute Gasteiger partial charge is 0.243 e. The average molecular weight is 363 g/mol. The van der Waals surface area contributed by atoms with Crippen molar-refractivity contribution < 1.29 is 9.21 Å². The Hall–Kier alpha value is -2.35. The fourth-order valence-corrected chi connectivity index (χ4v) is 2.87. The molecule has 0 unspecified atom stereocenters. The van der Waals surface area contributed by atoms with E-state index in [1.807, 2.05) is 19.1 Å². The molecular weight excluding hydrogens is 338 g/mol. The highest BCUT2D eigenvalue weighted by molar-refractivity contribution is 7.11. The standard InChI is InChI=1S/C17H25N5O2S/c1-12-13(2)25-15(21-12)10-19-17(20-11-16(23)22(3)4)18-8-7-14-6-5-9-24-14/h5-6,9H,7-8,10-11H2,1-4H3,(H2,18,19,20). The van der Waals surface area contributed by atoms with Crippen LogP contribution in [-0.2, 0) is 17.8 Å². The summed E-state index contributed by atoms with van der Waals surface area (Å²) in [5.41, 5.74) is 1.05. The first-order valence-corrected chi connectivity index (χ1v) is 8.95. The van der Waals surface area contributed by atoms with Gasteiger partial charge in [0.1, 0.15) is 17.3 Å². The van der Waals surface area contributed by atoms with Crippen LogP contribution in [0.4, 0.5) is 0 Å². The van der Waals surface area contributed by atoms with Crippen LogP contribution in [-0.4, -0.2) is 48.9 Å². The first-order valence-electron chi connectivity index (χ1n) is 8.13. The molecule has 0 atom stereocenters. The van der Waals surface area contributed by atoms with Gasteiger partial charge in [0, 0.05) is 31.9 Å². The zero-order chi connectivity index (χ0) is 18.2. The lowest BCUT2D eigenvalue weighted by Crippen LogP contribution is -2.39. The molecule has 2 aromatic rings. The van der Waals surface area contributed by atoms with Crippen LogP contribution in [0.5, 0.6) is 0 Å². The van der Waals surface area contributed by atoms with E-state index in [1.165, 1.54) is 9.78 Å². The van der Waals surface area contributed by atoms with Gasteiger partial charge in [0.25, 0.3) is 0 Å². The molecule has 8 heteroatoms. The number of thiazole rings is 1. The van der Waals surface area contributed by atoms with Crippen molar-refractivity contribution in [2.45, 2.75) is 26.8 Å². The number of nitrogens with zero attached hydrogens (tertiary/aromatic N) is 3. The molecule has 25 heavy (non-hydrogen) atoms. The molecule has 0 spiro atoms. The lowest BCUT2D eigenvalue weighted by Gasteiger charge is -2.12. The SMILES string of the molecule is Cc1nc(CNC(=NCC(=O)N(C)C)NCCc2ccco2)sc1C. The minimum absolute atomic E-state index is 0.0481. The van der Waals surface area contributed by atoms with Crippen LogP contribution in [0.3, 0.4) is 0 Å². The van der Waals surface area contributed by atoms with Gasteiger partial charge < -0.3 is 20.0 Å². The molecule has 0 radical (unpaired) electrons. The third-order valence-electron chi connectivity index (χ3n) is 3.60. The van der Waals surface area contributed by atoms with E-state index in [2.05, 4.69) is 27.5 Å². The van der Waals surface area contributed by atoms with Crippen molar-refractivity contribution in [3.63, 3.8) is 0 Å². The lowest BCUT2D eigenvalue weighted by atomic mass is 10.3. The highest BCUT2D eigenvalue weighted by Gasteiger charge is 2.07. The molecule has 2 heterocycles. The molecule has 0 aliphatic carbocycles. The maximum atomic E-state index is 11.8. The minimum Gasteiger partial charge on any atom is -0.469 e. The third-order valence-corrected chi connectivity index (χ3v) is 4.67. The Kier molecular flexibility index (Phi) is 7.00. The number of aliphatic imine (C=N–C) groups is 1. The van der Waals surface area contributed by atoms with Gasteiger partial charge in [-0.1, -0.05) is 0 Å². The Bertz CT molecular complexity index is 687. The number of furan rings is 1. The minimum atomic E-state index is -0.0481. The van der Waals surface area contributed by atoms with E-state index in [0.29, 0.717) is 19.0 Å². The lowest BCUT2D eigenvalue weighted by molar-refractivity contribution is -0.127. The topological polar surface area (TPSA) is 82.8 Å². The Morgan fingerprint density at radius 2 is 2.16 bits per heavy atom. The van der Waals surface area contributed by atoms with E-state index < -0.39 is 0 Å². The first-order chi connectivity index (χ1) is 12.0. The van der Waals surface area contributed by atoms with Crippen molar-refractivity contribution in [3.05, 3.63) is 39.7 Å². The fourth-order valence-electron chi connectivity index (χ4n) is 2.00. The van der Waals surface area contributed by atoms with Gasteiger partial charge in [-0.2, -0.15) is 0 Å². The van der Waals surface area contributed by atoms with E-state index >= 15 is 0 Å². The number of rotatable bonds is 7. The van der Waals surface area contributed by atoms with Crippen molar-refractivity contribution >= 4 is 23.2 Å². The van der Waals surface area contributed by atoms with E-state index in [4.69, 9.17) is 4.42 Å². The fraction of sp³-hybridized carbons (Fsp3) is 0.471. The summed E-state index contributed by atoms with van der Waals surface area (Å²) in [6, 6.07) is 3.80. The number of amides is 1. The molecule has 2 rings (SSSR count). The molecule has 1 amide bonds. The molecule has 0 aliphatic rings. The molecular formula is C17H25N5O2S. The van der Waals surface area contributed by atoms with E-state index in [1.54, 1.807) is 31.7 Å². The first kappa shape index (κ1) is 19.0. The molecule has 136 valence electrons. The Balaban J connectivity index is 1.92. The van der Waals surface area contributed by atoms with Crippen LogP contribution >= 0.6 is 11.3 Å². The number of aryl methyl sites for hydroxylation is 2. The van der Waals surface area contributed by atoms with Gasteiger partial charge in [-0.05, 0) is 26.0 Å². The monoisotopic (exact) mass is 363 g/mol. The number of carbonyl (C=O) groups is 1. The maximum absolute atomic E-state index is 11.8. The number of aromatic nitrogens is 1. The molecule has 2 aromatic heterocycles.